The van der Waals surface area contributed by atoms with Crippen LogP contribution in [0.4, 0.5) is 8.78 Å². The van der Waals surface area contributed by atoms with Gasteiger partial charge in [-0.15, -0.1) is 0 Å². The van der Waals surface area contributed by atoms with Crippen molar-refractivity contribution < 1.29 is 33.3 Å². The lowest BCUT2D eigenvalue weighted by molar-refractivity contribution is -0.0917. The molecular formula is C25H19Cl2F2N3O5. The van der Waals surface area contributed by atoms with Gasteiger partial charge in [-0.1, -0.05) is 35.9 Å². The molecule has 0 amide bonds. The predicted molar refractivity (Wildman–Crippen MR) is 129 cm³/mol. The molecular weight excluding hydrogens is 531 g/mol. The van der Waals surface area contributed by atoms with Crippen LogP contribution < -0.4 is 0 Å². The fraction of sp³-hybridized carbons (Fsp3) is 0.240. The standard InChI is InChI=1S/C25H19Cl2F2N3O5/c1-11-17-16(29)10-32(22(17)31-25(27)30-11)23-19(34)18(33)21(36-23)20(13-7-8-14(26)15(28)9-13)37-24(35)12-5-3-2-4-6-12/h2-10,18-21,23,33-34H,1H3/t18-,19+,20+,21-,23+/m0/s1. The molecule has 5 atom stereocenters. The van der Waals surface area contributed by atoms with Crippen molar-refractivity contribution in [3.8, 4) is 0 Å². The van der Waals surface area contributed by atoms with E-state index in [1.807, 2.05) is 0 Å². The number of nitrogens with zero attached hydrogens (tertiary/aromatic N) is 3. The van der Waals surface area contributed by atoms with Crippen molar-refractivity contribution in [3.63, 3.8) is 0 Å². The Balaban J connectivity index is 1.54. The fourth-order valence-electron chi connectivity index (χ4n) is 4.37. The predicted octanol–water partition coefficient (Wildman–Crippen LogP) is 4.54. The van der Waals surface area contributed by atoms with Crippen molar-refractivity contribution in [1.82, 2.24) is 14.5 Å². The summed E-state index contributed by atoms with van der Waals surface area (Å²) < 4.78 is 41.9. The van der Waals surface area contributed by atoms with Gasteiger partial charge in [0.1, 0.15) is 29.8 Å². The first-order valence-electron chi connectivity index (χ1n) is 11.1. The zero-order valence-corrected chi connectivity index (χ0v) is 20.6. The van der Waals surface area contributed by atoms with Crippen LogP contribution in [0.15, 0.2) is 54.7 Å². The zero-order valence-electron chi connectivity index (χ0n) is 19.1. The molecule has 0 unspecified atom stereocenters. The summed E-state index contributed by atoms with van der Waals surface area (Å²) in [5, 5.41) is 21.6. The number of benzene rings is 2. The van der Waals surface area contributed by atoms with Crippen LogP contribution in [0.25, 0.3) is 11.0 Å². The normalized spacial score (nSPS) is 22.4. The lowest BCUT2D eigenvalue weighted by Gasteiger charge is -2.26. The molecule has 4 aromatic rings. The van der Waals surface area contributed by atoms with E-state index in [1.54, 1.807) is 25.1 Å². The van der Waals surface area contributed by atoms with Crippen LogP contribution in [0, 0.1) is 18.6 Å². The van der Waals surface area contributed by atoms with Gasteiger partial charge in [-0.2, -0.15) is 4.98 Å². The van der Waals surface area contributed by atoms with E-state index >= 15 is 0 Å². The Morgan fingerprint density at radius 2 is 1.81 bits per heavy atom. The van der Waals surface area contributed by atoms with Gasteiger partial charge in [0.05, 0.1) is 21.7 Å². The number of carbonyl (C=O) groups is 1. The van der Waals surface area contributed by atoms with Gasteiger partial charge in [0.25, 0.3) is 0 Å². The van der Waals surface area contributed by atoms with Crippen molar-refractivity contribution in [2.75, 3.05) is 0 Å². The second-order valence-corrected chi connectivity index (χ2v) is 9.24. The molecule has 37 heavy (non-hydrogen) atoms. The third-order valence-electron chi connectivity index (χ3n) is 6.14. The van der Waals surface area contributed by atoms with E-state index < -0.39 is 48.2 Å². The number of esters is 1. The molecule has 2 N–H and O–H groups in total. The summed E-state index contributed by atoms with van der Waals surface area (Å²) >= 11 is 11.8. The first kappa shape index (κ1) is 25.5. The Morgan fingerprint density at radius 3 is 2.51 bits per heavy atom. The van der Waals surface area contributed by atoms with Crippen LogP contribution in [0.3, 0.4) is 0 Å². The lowest BCUT2D eigenvalue weighted by atomic mass is 9.98. The topological polar surface area (TPSA) is 107 Å². The Labute approximate surface area is 219 Å². The van der Waals surface area contributed by atoms with Crippen LogP contribution >= 0.6 is 23.2 Å². The minimum absolute atomic E-state index is 0.0299. The summed E-state index contributed by atoms with van der Waals surface area (Å²) in [6.45, 7) is 1.54. The number of hydrogen-bond acceptors (Lipinski definition) is 7. The molecule has 0 spiro atoms. The van der Waals surface area contributed by atoms with E-state index in [-0.39, 0.29) is 38.2 Å². The number of aliphatic hydroxyl groups excluding tert-OH is 2. The molecule has 1 fully saturated rings. The second-order valence-electron chi connectivity index (χ2n) is 8.50. The van der Waals surface area contributed by atoms with Crippen molar-refractivity contribution >= 4 is 40.2 Å². The lowest BCUT2D eigenvalue weighted by Crippen LogP contribution is -2.36. The van der Waals surface area contributed by atoms with Crippen molar-refractivity contribution in [1.29, 1.82) is 0 Å². The molecule has 0 bridgehead atoms. The van der Waals surface area contributed by atoms with Gasteiger partial charge in [0.15, 0.2) is 18.1 Å². The molecule has 0 saturated carbocycles. The second kappa shape index (κ2) is 9.96. The summed E-state index contributed by atoms with van der Waals surface area (Å²) in [5.74, 6) is -2.25. The SMILES string of the molecule is Cc1nc(Cl)nc2c1c(F)cn2[C@@H]1O[C@H]([C@H](OC(=O)c2ccccc2)c2ccc(Cl)c(F)c2)[C@@H](O)[C@H]1O. The van der Waals surface area contributed by atoms with Gasteiger partial charge in [0, 0.05) is 6.20 Å². The largest absolute Gasteiger partial charge is 0.451 e. The maximum absolute atomic E-state index is 14.8. The number of fused-ring (bicyclic) bond motifs is 1. The van der Waals surface area contributed by atoms with Crippen molar-refractivity contribution in [3.05, 3.63) is 93.5 Å². The van der Waals surface area contributed by atoms with Gasteiger partial charge in [0.2, 0.25) is 5.28 Å². The zero-order chi connectivity index (χ0) is 26.4. The average Bonchev–Trinajstić information content (AvgIpc) is 3.35. The highest BCUT2D eigenvalue weighted by molar-refractivity contribution is 6.30. The van der Waals surface area contributed by atoms with Crippen LogP contribution in [0.2, 0.25) is 10.3 Å². The Hall–Kier alpha value is -3.15. The van der Waals surface area contributed by atoms with E-state index in [0.717, 1.165) is 12.3 Å². The molecule has 2 aromatic heterocycles. The molecule has 8 nitrogen and oxygen atoms in total. The molecule has 1 saturated heterocycles. The number of rotatable bonds is 5. The number of ether oxygens (including phenoxy) is 2. The first-order chi connectivity index (χ1) is 17.7. The highest BCUT2D eigenvalue weighted by atomic mass is 35.5. The molecule has 1 aliphatic rings. The van der Waals surface area contributed by atoms with Gasteiger partial charge < -0.3 is 24.3 Å². The van der Waals surface area contributed by atoms with Crippen LogP contribution in [0.1, 0.15) is 33.9 Å². The Bertz CT molecular complexity index is 1490. The molecule has 12 heteroatoms. The number of halogens is 4. The summed E-state index contributed by atoms with van der Waals surface area (Å²) in [6.07, 6.45) is -6.31. The minimum Gasteiger partial charge on any atom is -0.451 e. The van der Waals surface area contributed by atoms with Crippen LogP contribution in [-0.4, -0.2) is 49.0 Å². The summed E-state index contributed by atoms with van der Waals surface area (Å²) in [5.41, 5.74) is 0.615. The van der Waals surface area contributed by atoms with Gasteiger partial charge >= 0.3 is 5.97 Å². The number of hydrogen-bond donors (Lipinski definition) is 2. The maximum atomic E-state index is 14.8. The highest BCUT2D eigenvalue weighted by Crippen LogP contribution is 2.40. The van der Waals surface area contributed by atoms with Gasteiger partial charge in [-0.3, -0.25) is 0 Å². The molecule has 2 aromatic carbocycles. The summed E-state index contributed by atoms with van der Waals surface area (Å²) in [6, 6.07) is 11.7. The average molecular weight is 550 g/mol. The number of carbonyl (C=O) groups excluding carboxylic acids is 1. The van der Waals surface area contributed by atoms with Crippen LogP contribution in [-0.2, 0) is 9.47 Å². The maximum Gasteiger partial charge on any atom is 0.338 e. The minimum atomic E-state index is -1.63. The first-order valence-corrected chi connectivity index (χ1v) is 11.8. The molecule has 3 heterocycles. The smallest absolute Gasteiger partial charge is 0.338 e. The monoisotopic (exact) mass is 549 g/mol. The Morgan fingerprint density at radius 1 is 1.08 bits per heavy atom. The molecule has 192 valence electrons. The third kappa shape index (κ3) is 4.67. The van der Waals surface area contributed by atoms with E-state index in [2.05, 4.69) is 9.97 Å². The molecule has 0 radical (unpaired) electrons. The van der Waals surface area contributed by atoms with Gasteiger partial charge in [-0.25, -0.2) is 18.6 Å². The van der Waals surface area contributed by atoms with Crippen molar-refractivity contribution in [2.45, 2.75) is 37.6 Å². The number of aromatic nitrogens is 3. The molecule has 0 aliphatic carbocycles. The van der Waals surface area contributed by atoms with Gasteiger partial charge in [-0.05, 0) is 48.4 Å². The van der Waals surface area contributed by atoms with E-state index in [1.165, 1.54) is 28.8 Å². The van der Waals surface area contributed by atoms with E-state index in [9.17, 15) is 23.8 Å². The molecule has 5 rings (SSSR count). The number of aliphatic hydroxyl groups is 2. The summed E-state index contributed by atoms with van der Waals surface area (Å²) in [4.78, 5) is 20.9. The third-order valence-corrected chi connectivity index (χ3v) is 6.62. The van der Waals surface area contributed by atoms with Crippen molar-refractivity contribution in [2.24, 2.45) is 0 Å². The Kier molecular flexibility index (Phi) is 6.86. The molecule has 1 aliphatic heterocycles. The quantitative estimate of drug-likeness (QED) is 0.278. The fourth-order valence-corrected chi connectivity index (χ4v) is 4.69. The summed E-state index contributed by atoms with van der Waals surface area (Å²) in [7, 11) is 0. The highest BCUT2D eigenvalue weighted by Gasteiger charge is 2.49. The van der Waals surface area contributed by atoms with Crippen LogP contribution in [0.5, 0.6) is 0 Å². The van der Waals surface area contributed by atoms with E-state index in [0.29, 0.717) is 0 Å². The number of aryl methyl sites for hydroxylation is 1. The van der Waals surface area contributed by atoms with E-state index in [4.69, 9.17) is 32.7 Å².